The fraction of sp³-hybridized carbons (Fsp3) is 0.371. The zero-order valence-electron chi connectivity index (χ0n) is 25.4. The van der Waals surface area contributed by atoms with Gasteiger partial charge in [0.1, 0.15) is 12.1 Å². The molecule has 45 heavy (non-hydrogen) atoms. The van der Waals surface area contributed by atoms with Crippen LogP contribution in [0.15, 0.2) is 79.3 Å². The van der Waals surface area contributed by atoms with Crippen LogP contribution >= 0.6 is 0 Å². The van der Waals surface area contributed by atoms with Gasteiger partial charge in [-0.1, -0.05) is 36.4 Å². The van der Waals surface area contributed by atoms with Crippen molar-refractivity contribution in [2.75, 3.05) is 41.8 Å². The maximum absolute atomic E-state index is 13.2. The van der Waals surface area contributed by atoms with Crippen molar-refractivity contribution in [3.63, 3.8) is 0 Å². The molecule has 3 N–H and O–H groups in total. The Bertz CT molecular complexity index is 1830. The van der Waals surface area contributed by atoms with Crippen LogP contribution in [0.4, 0.5) is 22.1 Å². The van der Waals surface area contributed by atoms with E-state index in [1.165, 1.54) is 24.9 Å². The molecule has 2 aromatic heterocycles. The van der Waals surface area contributed by atoms with Crippen molar-refractivity contribution in [2.24, 2.45) is 5.92 Å². The highest BCUT2D eigenvalue weighted by atomic mass is 16.2. The third-order valence-electron chi connectivity index (χ3n) is 9.83. The number of hydrogen-bond acceptors (Lipinski definition) is 7. The number of imidazole rings is 1. The number of amides is 2. The Morgan fingerprint density at radius 1 is 0.978 bits per heavy atom. The van der Waals surface area contributed by atoms with E-state index in [4.69, 9.17) is 9.97 Å². The topological polar surface area (TPSA) is 103 Å². The van der Waals surface area contributed by atoms with Gasteiger partial charge in [0.05, 0.1) is 23.4 Å². The molecular formula is C35H39N9O. The number of fused-ring (bicyclic) bond motifs is 3. The normalized spacial score (nSPS) is 21.4. The minimum Gasteiger partial charge on any atom is -0.354 e. The number of urea groups is 1. The molecule has 1 aliphatic carbocycles. The lowest BCUT2D eigenvalue weighted by Gasteiger charge is -2.33. The van der Waals surface area contributed by atoms with E-state index < -0.39 is 0 Å². The number of carbonyl (C=O) groups is 1. The molecule has 3 atom stereocenters. The summed E-state index contributed by atoms with van der Waals surface area (Å²) < 4.78 is 2.03. The van der Waals surface area contributed by atoms with Gasteiger partial charge in [-0.3, -0.25) is 9.88 Å². The van der Waals surface area contributed by atoms with Gasteiger partial charge in [0.15, 0.2) is 0 Å². The van der Waals surface area contributed by atoms with Gasteiger partial charge in [-0.2, -0.15) is 4.98 Å². The third-order valence-corrected chi connectivity index (χ3v) is 9.83. The lowest BCUT2D eigenvalue weighted by Crippen LogP contribution is -2.42. The predicted octanol–water partition coefficient (Wildman–Crippen LogP) is 6.00. The van der Waals surface area contributed by atoms with Crippen LogP contribution in [0, 0.1) is 5.92 Å². The summed E-state index contributed by atoms with van der Waals surface area (Å²) in [5, 5.41) is 12.4. The molecule has 2 saturated heterocycles. The molecule has 8 rings (SSSR count). The van der Waals surface area contributed by atoms with Gasteiger partial charge in [-0.25, -0.2) is 14.8 Å². The number of anilines is 3. The molecule has 230 valence electrons. The van der Waals surface area contributed by atoms with E-state index >= 15 is 0 Å². The summed E-state index contributed by atoms with van der Waals surface area (Å²) in [6, 6.07) is 23.8. The molecule has 5 aromatic rings. The van der Waals surface area contributed by atoms with Crippen LogP contribution in [-0.2, 0) is 0 Å². The van der Waals surface area contributed by atoms with Gasteiger partial charge >= 0.3 is 6.03 Å². The van der Waals surface area contributed by atoms with Gasteiger partial charge in [0.2, 0.25) is 5.95 Å². The number of benzene rings is 3. The van der Waals surface area contributed by atoms with Crippen LogP contribution in [0.3, 0.4) is 0 Å². The Kier molecular flexibility index (Phi) is 7.42. The molecule has 4 heterocycles. The lowest BCUT2D eigenvalue weighted by molar-refractivity contribution is 0.175. The zero-order valence-corrected chi connectivity index (χ0v) is 25.4. The van der Waals surface area contributed by atoms with E-state index in [2.05, 4.69) is 62.2 Å². The number of nitrogens with zero attached hydrogens (tertiary/aromatic N) is 6. The lowest BCUT2D eigenvalue weighted by atomic mass is 9.95. The number of nitrogens with one attached hydrogen (secondary N) is 3. The Morgan fingerprint density at radius 3 is 2.89 bits per heavy atom. The SMILES string of the molecule is O=C(Nc1cccc2ccccc12)N1CCCC(CCNc2nccc(-n3cnc4cc(N5CNC6CCCC65)ccc43)n2)C1. The molecule has 0 bridgehead atoms. The number of hydrogen-bond donors (Lipinski definition) is 3. The number of likely N-dealkylation sites (tertiary alicyclic amines) is 1. The van der Waals surface area contributed by atoms with Crippen LogP contribution in [-0.4, -0.2) is 68.8 Å². The van der Waals surface area contributed by atoms with E-state index in [-0.39, 0.29) is 6.03 Å². The largest absolute Gasteiger partial charge is 0.354 e. The number of piperidine rings is 1. The average molecular weight is 602 g/mol. The summed E-state index contributed by atoms with van der Waals surface area (Å²) in [5.74, 6) is 1.81. The molecule has 2 amide bonds. The summed E-state index contributed by atoms with van der Waals surface area (Å²) in [7, 11) is 0. The van der Waals surface area contributed by atoms with Crippen molar-refractivity contribution >= 4 is 45.2 Å². The summed E-state index contributed by atoms with van der Waals surface area (Å²) in [6.07, 6.45) is 10.5. The molecule has 0 radical (unpaired) electrons. The fourth-order valence-electron chi connectivity index (χ4n) is 7.50. The Labute approximate surface area is 262 Å². The highest BCUT2D eigenvalue weighted by molar-refractivity contribution is 6.01. The van der Waals surface area contributed by atoms with E-state index in [1.807, 2.05) is 46.1 Å². The minimum absolute atomic E-state index is 0.0282. The average Bonchev–Trinajstić information content (AvgIpc) is 3.82. The second kappa shape index (κ2) is 12.0. The fourth-order valence-corrected chi connectivity index (χ4v) is 7.50. The summed E-state index contributed by atoms with van der Waals surface area (Å²) in [4.78, 5) is 31.7. The molecule has 3 unspecified atom stereocenters. The Hall–Kier alpha value is -4.70. The van der Waals surface area contributed by atoms with Crippen molar-refractivity contribution < 1.29 is 4.79 Å². The first-order chi connectivity index (χ1) is 22.2. The van der Waals surface area contributed by atoms with Crippen LogP contribution in [0.1, 0.15) is 38.5 Å². The van der Waals surface area contributed by atoms with Crippen molar-refractivity contribution in [2.45, 2.75) is 50.6 Å². The van der Waals surface area contributed by atoms with Crippen molar-refractivity contribution in [1.82, 2.24) is 29.7 Å². The standard InChI is InChI=1S/C35H39N9O/c45-35(40-28-10-3-8-25-7-1-2-9-27(25)28)42-19-5-6-24(21-42)15-17-36-34-37-18-16-33(41-34)44-23-39-30-20-26(13-14-32(30)44)43-22-38-29-11-4-12-31(29)43/h1-3,7-10,13-14,16,18,20,23-24,29,31,38H,4-6,11-12,15,17,19,21-22H2,(H,40,45)(H,36,37,41). The van der Waals surface area contributed by atoms with Crippen LogP contribution in [0.25, 0.3) is 27.6 Å². The quantitative estimate of drug-likeness (QED) is 0.210. The van der Waals surface area contributed by atoms with E-state index in [1.54, 1.807) is 6.20 Å². The zero-order chi connectivity index (χ0) is 30.2. The van der Waals surface area contributed by atoms with Gasteiger partial charge in [-0.15, -0.1) is 0 Å². The molecule has 0 spiro atoms. The summed E-state index contributed by atoms with van der Waals surface area (Å²) >= 11 is 0. The summed E-state index contributed by atoms with van der Waals surface area (Å²) in [6.45, 7) is 3.17. The highest BCUT2D eigenvalue weighted by Gasteiger charge is 2.37. The van der Waals surface area contributed by atoms with E-state index in [0.29, 0.717) is 23.9 Å². The van der Waals surface area contributed by atoms with Crippen LogP contribution in [0.5, 0.6) is 0 Å². The number of carbonyl (C=O) groups excluding carboxylic acids is 1. The molecule has 3 aromatic carbocycles. The molecule has 3 aliphatic rings. The van der Waals surface area contributed by atoms with Crippen LogP contribution in [0.2, 0.25) is 0 Å². The molecule has 10 nitrogen and oxygen atoms in total. The first-order valence-corrected chi connectivity index (χ1v) is 16.3. The molecular weight excluding hydrogens is 562 g/mol. The second-order valence-corrected chi connectivity index (χ2v) is 12.6. The Morgan fingerprint density at radius 2 is 1.91 bits per heavy atom. The van der Waals surface area contributed by atoms with E-state index in [0.717, 1.165) is 78.9 Å². The Balaban J connectivity index is 0.882. The molecule has 10 heteroatoms. The molecule has 2 aliphatic heterocycles. The number of aromatic nitrogens is 4. The van der Waals surface area contributed by atoms with Gasteiger partial charge in [0, 0.05) is 49.0 Å². The number of rotatable bonds is 7. The second-order valence-electron chi connectivity index (χ2n) is 12.6. The van der Waals surface area contributed by atoms with Crippen molar-refractivity contribution in [1.29, 1.82) is 0 Å². The van der Waals surface area contributed by atoms with E-state index in [9.17, 15) is 4.79 Å². The first kappa shape index (κ1) is 27.8. The maximum atomic E-state index is 13.2. The van der Waals surface area contributed by atoms with Gasteiger partial charge in [0.25, 0.3) is 0 Å². The van der Waals surface area contributed by atoms with Gasteiger partial charge < -0.3 is 20.4 Å². The van der Waals surface area contributed by atoms with Gasteiger partial charge in [-0.05, 0) is 80.2 Å². The molecule has 3 fully saturated rings. The first-order valence-electron chi connectivity index (χ1n) is 16.3. The highest BCUT2D eigenvalue weighted by Crippen LogP contribution is 2.33. The predicted molar refractivity (Wildman–Crippen MR) is 179 cm³/mol. The van der Waals surface area contributed by atoms with Crippen molar-refractivity contribution in [3.8, 4) is 5.82 Å². The summed E-state index contributed by atoms with van der Waals surface area (Å²) in [5.41, 5.74) is 4.08. The van der Waals surface area contributed by atoms with Crippen molar-refractivity contribution in [3.05, 3.63) is 79.3 Å². The monoisotopic (exact) mass is 601 g/mol. The van der Waals surface area contributed by atoms with Crippen LogP contribution < -0.4 is 20.9 Å². The smallest absolute Gasteiger partial charge is 0.321 e. The maximum Gasteiger partial charge on any atom is 0.321 e. The third kappa shape index (κ3) is 5.55. The molecule has 1 saturated carbocycles. The minimum atomic E-state index is -0.0282.